The van der Waals surface area contributed by atoms with E-state index in [2.05, 4.69) is 29.6 Å². The summed E-state index contributed by atoms with van der Waals surface area (Å²) in [7, 11) is 8.63. The fraction of sp³-hybridized carbons (Fsp3) is 0.652. The molecule has 1 saturated carbocycles. The first kappa shape index (κ1) is 24.8. The van der Waals surface area contributed by atoms with Crippen molar-refractivity contribution in [1.82, 2.24) is 15.5 Å². The van der Waals surface area contributed by atoms with Gasteiger partial charge in [-0.2, -0.15) is 0 Å². The highest BCUT2D eigenvalue weighted by atomic mass is 16.5. The number of ether oxygens (including phenoxy) is 3. The van der Waals surface area contributed by atoms with E-state index in [4.69, 9.17) is 14.2 Å². The maximum Gasteiger partial charge on any atom is 0.252 e. The lowest BCUT2D eigenvalue weighted by molar-refractivity contribution is -0.123. The Bertz CT molecular complexity index is 733. The van der Waals surface area contributed by atoms with E-state index in [0.29, 0.717) is 29.4 Å². The summed E-state index contributed by atoms with van der Waals surface area (Å²) in [5.74, 6) is 0.575. The lowest BCUT2D eigenvalue weighted by Crippen LogP contribution is -2.55. The van der Waals surface area contributed by atoms with Crippen LogP contribution in [0.1, 0.15) is 55.8 Å². The van der Waals surface area contributed by atoms with Crippen molar-refractivity contribution < 1.29 is 23.8 Å². The number of rotatable bonds is 9. The average molecular weight is 436 g/mol. The molecule has 1 atom stereocenters. The van der Waals surface area contributed by atoms with Crippen molar-refractivity contribution in [2.45, 2.75) is 57.0 Å². The monoisotopic (exact) mass is 435 g/mol. The Labute approximate surface area is 185 Å². The molecule has 2 N–H and O–H groups in total. The van der Waals surface area contributed by atoms with Gasteiger partial charge in [-0.05, 0) is 46.0 Å². The minimum Gasteiger partial charge on any atom is -0.493 e. The number of carbonyl (C=O) groups is 2. The molecule has 8 heteroatoms. The van der Waals surface area contributed by atoms with Crippen LogP contribution < -0.4 is 24.8 Å². The van der Waals surface area contributed by atoms with Gasteiger partial charge >= 0.3 is 0 Å². The van der Waals surface area contributed by atoms with E-state index >= 15 is 0 Å². The SMILES string of the molecule is COc1cc(C(=O)N[C@H](C)C(=O)NCC2(N(C)C)CCCCCC2)cc(OC)c1OC. The lowest BCUT2D eigenvalue weighted by Gasteiger charge is -2.40. The van der Waals surface area contributed by atoms with E-state index in [9.17, 15) is 9.59 Å². The van der Waals surface area contributed by atoms with Crippen molar-refractivity contribution >= 4 is 11.8 Å². The van der Waals surface area contributed by atoms with E-state index in [1.807, 2.05) is 0 Å². The fourth-order valence-corrected chi connectivity index (χ4v) is 4.13. The Morgan fingerprint density at radius 3 is 2.00 bits per heavy atom. The number of benzene rings is 1. The molecule has 8 nitrogen and oxygen atoms in total. The number of likely N-dealkylation sites (N-methyl/N-ethyl adjacent to an activating group) is 1. The lowest BCUT2D eigenvalue weighted by atomic mass is 9.88. The van der Waals surface area contributed by atoms with Crippen molar-refractivity contribution in [3.05, 3.63) is 17.7 Å². The van der Waals surface area contributed by atoms with Crippen LogP contribution >= 0.6 is 0 Å². The Kier molecular flexibility index (Phi) is 8.98. The Hall–Kier alpha value is -2.48. The molecule has 31 heavy (non-hydrogen) atoms. The summed E-state index contributed by atoms with van der Waals surface area (Å²) in [4.78, 5) is 27.7. The number of hydrogen-bond donors (Lipinski definition) is 2. The summed E-state index contributed by atoms with van der Waals surface area (Å²) < 4.78 is 15.9. The third-order valence-electron chi connectivity index (χ3n) is 6.24. The van der Waals surface area contributed by atoms with Crippen LogP contribution in [0.2, 0.25) is 0 Å². The van der Waals surface area contributed by atoms with Gasteiger partial charge < -0.3 is 29.7 Å². The highest BCUT2D eigenvalue weighted by molar-refractivity contribution is 5.98. The van der Waals surface area contributed by atoms with Gasteiger partial charge in [0.25, 0.3) is 5.91 Å². The third kappa shape index (κ3) is 6.03. The summed E-state index contributed by atoms with van der Waals surface area (Å²) in [5.41, 5.74) is 0.287. The van der Waals surface area contributed by atoms with Crippen LogP contribution in [0.5, 0.6) is 17.2 Å². The first-order valence-electron chi connectivity index (χ1n) is 10.8. The van der Waals surface area contributed by atoms with Gasteiger partial charge in [-0.3, -0.25) is 9.59 Å². The number of methoxy groups -OCH3 is 3. The second-order valence-electron chi connectivity index (χ2n) is 8.36. The first-order chi connectivity index (χ1) is 14.8. The molecule has 1 aliphatic carbocycles. The molecular weight excluding hydrogens is 398 g/mol. The molecule has 0 radical (unpaired) electrons. The molecule has 0 spiro atoms. The molecule has 0 aliphatic heterocycles. The smallest absolute Gasteiger partial charge is 0.252 e. The molecule has 0 aromatic heterocycles. The van der Waals surface area contributed by atoms with Crippen LogP contribution in [0.3, 0.4) is 0 Å². The molecule has 174 valence electrons. The second-order valence-corrected chi connectivity index (χ2v) is 8.36. The number of nitrogens with zero attached hydrogens (tertiary/aromatic N) is 1. The highest BCUT2D eigenvalue weighted by Crippen LogP contribution is 2.38. The molecule has 0 heterocycles. The fourth-order valence-electron chi connectivity index (χ4n) is 4.13. The quantitative estimate of drug-likeness (QED) is 0.580. The maximum absolute atomic E-state index is 12.8. The molecule has 1 aromatic carbocycles. The number of hydrogen-bond acceptors (Lipinski definition) is 6. The predicted octanol–water partition coefficient (Wildman–Crippen LogP) is 2.60. The van der Waals surface area contributed by atoms with Crippen LogP contribution in [-0.4, -0.2) is 70.3 Å². The van der Waals surface area contributed by atoms with Gasteiger partial charge in [0.2, 0.25) is 11.7 Å². The molecule has 1 fully saturated rings. The minimum atomic E-state index is -0.684. The molecule has 1 aliphatic rings. The zero-order valence-electron chi connectivity index (χ0n) is 19.7. The number of nitrogens with one attached hydrogen (secondary N) is 2. The van der Waals surface area contributed by atoms with Gasteiger partial charge in [0.05, 0.1) is 21.3 Å². The van der Waals surface area contributed by atoms with Crippen LogP contribution in [0.15, 0.2) is 12.1 Å². The molecule has 2 rings (SSSR count). The molecule has 0 saturated heterocycles. The van der Waals surface area contributed by atoms with Crippen LogP contribution in [0, 0.1) is 0 Å². The topological polar surface area (TPSA) is 89.1 Å². The predicted molar refractivity (Wildman–Crippen MR) is 120 cm³/mol. The van der Waals surface area contributed by atoms with Gasteiger partial charge in [-0.25, -0.2) is 0 Å². The zero-order valence-corrected chi connectivity index (χ0v) is 19.7. The molecular formula is C23H37N3O5. The van der Waals surface area contributed by atoms with Gasteiger partial charge in [0, 0.05) is 17.6 Å². The van der Waals surface area contributed by atoms with Gasteiger partial charge in [0.1, 0.15) is 6.04 Å². The Balaban J connectivity index is 2.04. The zero-order chi connectivity index (χ0) is 23.0. The molecule has 1 aromatic rings. The Morgan fingerprint density at radius 1 is 1.00 bits per heavy atom. The Morgan fingerprint density at radius 2 is 1.55 bits per heavy atom. The molecule has 0 bridgehead atoms. The van der Waals surface area contributed by atoms with E-state index in [-0.39, 0.29) is 11.4 Å². The number of amides is 2. The summed E-state index contributed by atoms with van der Waals surface area (Å²) >= 11 is 0. The summed E-state index contributed by atoms with van der Waals surface area (Å²) in [5, 5.41) is 5.82. The van der Waals surface area contributed by atoms with Crippen molar-refractivity contribution in [1.29, 1.82) is 0 Å². The van der Waals surface area contributed by atoms with Crippen molar-refractivity contribution in [2.24, 2.45) is 0 Å². The van der Waals surface area contributed by atoms with Crippen LogP contribution in [0.4, 0.5) is 0 Å². The van der Waals surface area contributed by atoms with Crippen molar-refractivity contribution in [3.8, 4) is 17.2 Å². The van der Waals surface area contributed by atoms with Gasteiger partial charge in [-0.15, -0.1) is 0 Å². The minimum absolute atomic E-state index is 0.0351. The highest BCUT2D eigenvalue weighted by Gasteiger charge is 2.34. The summed E-state index contributed by atoms with van der Waals surface area (Å²) in [6.07, 6.45) is 6.94. The maximum atomic E-state index is 12.8. The number of carbonyl (C=O) groups excluding carboxylic acids is 2. The van der Waals surface area contributed by atoms with Crippen LogP contribution in [0.25, 0.3) is 0 Å². The molecule has 2 amide bonds. The van der Waals surface area contributed by atoms with Gasteiger partial charge in [0.15, 0.2) is 11.5 Å². The van der Waals surface area contributed by atoms with Gasteiger partial charge in [-0.1, -0.05) is 25.7 Å². The summed E-state index contributed by atoms with van der Waals surface area (Å²) in [6, 6.07) is 2.44. The van der Waals surface area contributed by atoms with Crippen LogP contribution in [-0.2, 0) is 4.79 Å². The van der Waals surface area contributed by atoms with E-state index in [0.717, 1.165) is 12.8 Å². The van der Waals surface area contributed by atoms with Crippen molar-refractivity contribution in [3.63, 3.8) is 0 Å². The standard InChI is InChI=1S/C23H37N3O5/c1-16(21(27)24-15-23(26(2)3)11-9-7-8-10-12-23)25-22(28)17-13-18(29-4)20(31-6)19(14-17)30-5/h13-14,16H,7-12,15H2,1-6H3,(H,24,27)(H,25,28)/t16-/m1/s1. The normalized spacial score (nSPS) is 16.7. The second kappa shape index (κ2) is 11.2. The van der Waals surface area contributed by atoms with Crippen molar-refractivity contribution in [2.75, 3.05) is 42.0 Å². The van der Waals surface area contributed by atoms with E-state index in [1.165, 1.54) is 47.0 Å². The first-order valence-corrected chi connectivity index (χ1v) is 10.8. The van der Waals surface area contributed by atoms with E-state index < -0.39 is 11.9 Å². The van der Waals surface area contributed by atoms with E-state index in [1.54, 1.807) is 19.1 Å². The largest absolute Gasteiger partial charge is 0.493 e. The molecule has 0 unspecified atom stereocenters. The third-order valence-corrected chi connectivity index (χ3v) is 6.24. The average Bonchev–Trinajstić information content (AvgIpc) is 3.02. The summed E-state index contributed by atoms with van der Waals surface area (Å²) in [6.45, 7) is 2.25.